The lowest BCUT2D eigenvalue weighted by Gasteiger charge is -2.29. The number of benzene rings is 2. The van der Waals surface area contributed by atoms with Gasteiger partial charge in [0.05, 0.1) is 0 Å². The van der Waals surface area contributed by atoms with E-state index in [4.69, 9.17) is 5.73 Å². The Labute approximate surface area is 151 Å². The predicted molar refractivity (Wildman–Crippen MR) is 103 cm³/mol. The molecule has 0 unspecified atom stereocenters. The Hall–Kier alpha value is -2.53. The molecule has 5 heteroatoms. The number of carbonyl (C=O) groups excluding carboxylic acids is 2. The summed E-state index contributed by atoms with van der Waals surface area (Å²) in [4.78, 5) is 27.2. The Balaban J connectivity index is 1.83. The van der Waals surface area contributed by atoms with Gasteiger partial charge in [0.25, 0.3) is 5.91 Å². The molecule has 1 heterocycles. The first-order valence-corrected chi connectivity index (χ1v) is 9.38. The summed E-state index contributed by atoms with van der Waals surface area (Å²) in [6.45, 7) is 0.643. The highest BCUT2D eigenvalue weighted by molar-refractivity contribution is 7.98. The van der Waals surface area contributed by atoms with Gasteiger partial charge in [0, 0.05) is 28.8 Å². The number of nitrogens with two attached hydrogens (primary N) is 1. The summed E-state index contributed by atoms with van der Waals surface area (Å²) < 4.78 is 0. The highest BCUT2D eigenvalue weighted by Crippen LogP contribution is 2.30. The van der Waals surface area contributed by atoms with Crippen LogP contribution in [0.25, 0.3) is 6.08 Å². The Morgan fingerprint density at radius 3 is 2.60 bits per heavy atom. The first-order valence-electron chi connectivity index (χ1n) is 8.15. The molecule has 0 saturated heterocycles. The van der Waals surface area contributed by atoms with E-state index in [9.17, 15) is 9.59 Å². The minimum absolute atomic E-state index is 0.0866. The highest BCUT2D eigenvalue weighted by atomic mass is 32.2. The SMILES string of the molecule is CSc1ccc(/C=C/C(=O)N2CCCc3c(C(N)=O)cccc32)cc1. The molecule has 128 valence electrons. The number of fused-ring (bicyclic) bond motifs is 1. The molecule has 0 spiro atoms. The van der Waals surface area contributed by atoms with Crippen LogP contribution in [0.5, 0.6) is 0 Å². The lowest BCUT2D eigenvalue weighted by atomic mass is 9.95. The van der Waals surface area contributed by atoms with Crippen LogP contribution in [0.15, 0.2) is 53.4 Å². The van der Waals surface area contributed by atoms with Crippen molar-refractivity contribution in [1.29, 1.82) is 0 Å². The fourth-order valence-corrected chi connectivity index (χ4v) is 3.47. The summed E-state index contributed by atoms with van der Waals surface area (Å²) in [5.41, 5.74) is 8.60. The van der Waals surface area contributed by atoms with Crippen molar-refractivity contribution in [3.05, 3.63) is 65.2 Å². The minimum atomic E-state index is -0.449. The molecule has 2 N–H and O–H groups in total. The van der Waals surface area contributed by atoms with Crippen LogP contribution in [0.2, 0.25) is 0 Å². The molecule has 25 heavy (non-hydrogen) atoms. The summed E-state index contributed by atoms with van der Waals surface area (Å²) in [5.74, 6) is -0.535. The van der Waals surface area contributed by atoms with E-state index < -0.39 is 5.91 Å². The number of hydrogen-bond donors (Lipinski definition) is 1. The summed E-state index contributed by atoms with van der Waals surface area (Å²) in [5, 5.41) is 0. The average Bonchev–Trinajstić information content (AvgIpc) is 2.65. The molecule has 0 saturated carbocycles. The van der Waals surface area contributed by atoms with Crippen LogP contribution < -0.4 is 10.6 Å². The Morgan fingerprint density at radius 1 is 1.16 bits per heavy atom. The van der Waals surface area contributed by atoms with Crippen molar-refractivity contribution >= 4 is 35.3 Å². The van der Waals surface area contributed by atoms with Crippen LogP contribution in [0, 0.1) is 0 Å². The number of carbonyl (C=O) groups is 2. The molecule has 3 rings (SSSR count). The van der Waals surface area contributed by atoms with Gasteiger partial charge in [-0.25, -0.2) is 0 Å². The quantitative estimate of drug-likeness (QED) is 0.677. The Bertz CT molecular complexity index is 828. The third-order valence-electron chi connectivity index (χ3n) is 4.32. The molecule has 2 aromatic carbocycles. The molecule has 1 aliphatic heterocycles. The zero-order valence-electron chi connectivity index (χ0n) is 14.1. The zero-order valence-corrected chi connectivity index (χ0v) is 14.9. The maximum Gasteiger partial charge on any atom is 0.250 e. The predicted octanol–water partition coefficient (Wildman–Crippen LogP) is 3.50. The normalized spacial score (nSPS) is 13.7. The molecule has 0 bridgehead atoms. The fourth-order valence-electron chi connectivity index (χ4n) is 3.06. The molecule has 2 amide bonds. The van der Waals surface area contributed by atoms with E-state index in [2.05, 4.69) is 0 Å². The van der Waals surface area contributed by atoms with Crippen molar-refractivity contribution in [2.75, 3.05) is 17.7 Å². The Morgan fingerprint density at radius 2 is 1.92 bits per heavy atom. The van der Waals surface area contributed by atoms with Crippen molar-refractivity contribution in [3.63, 3.8) is 0 Å². The van der Waals surface area contributed by atoms with Gasteiger partial charge in [-0.3, -0.25) is 9.59 Å². The highest BCUT2D eigenvalue weighted by Gasteiger charge is 2.24. The molecule has 2 aromatic rings. The van der Waals surface area contributed by atoms with Crippen LogP contribution in [-0.2, 0) is 11.2 Å². The van der Waals surface area contributed by atoms with Gasteiger partial charge in [0.2, 0.25) is 5.91 Å². The third-order valence-corrected chi connectivity index (χ3v) is 5.06. The molecule has 0 atom stereocenters. The van der Waals surface area contributed by atoms with Crippen LogP contribution in [0.3, 0.4) is 0 Å². The monoisotopic (exact) mass is 352 g/mol. The summed E-state index contributed by atoms with van der Waals surface area (Å²) in [6.07, 6.45) is 7.01. The van der Waals surface area contributed by atoms with E-state index in [0.717, 1.165) is 29.7 Å². The standard InChI is InChI=1S/C20H20N2O2S/c1-25-15-10-7-14(8-11-15)9-12-19(23)22-13-3-5-16-17(20(21)24)4-2-6-18(16)22/h2,4,6-12H,3,5,13H2,1H3,(H2,21,24)/b12-9+. The van der Waals surface area contributed by atoms with E-state index in [0.29, 0.717) is 12.1 Å². The van der Waals surface area contributed by atoms with Crippen LogP contribution in [-0.4, -0.2) is 24.6 Å². The molecule has 0 aromatic heterocycles. The van der Waals surface area contributed by atoms with Crippen molar-refractivity contribution in [1.82, 2.24) is 0 Å². The van der Waals surface area contributed by atoms with Gasteiger partial charge in [0.1, 0.15) is 0 Å². The zero-order chi connectivity index (χ0) is 17.8. The van der Waals surface area contributed by atoms with E-state index in [1.807, 2.05) is 42.7 Å². The smallest absolute Gasteiger partial charge is 0.250 e. The van der Waals surface area contributed by atoms with Gasteiger partial charge in [-0.2, -0.15) is 0 Å². The van der Waals surface area contributed by atoms with Gasteiger partial charge in [-0.05, 0) is 60.6 Å². The largest absolute Gasteiger partial charge is 0.366 e. The molecule has 0 fully saturated rings. The number of primary amides is 1. The number of rotatable bonds is 4. The second-order valence-corrected chi connectivity index (χ2v) is 6.75. The molecule has 0 radical (unpaired) electrons. The maximum atomic E-state index is 12.7. The van der Waals surface area contributed by atoms with Crippen molar-refractivity contribution in [2.24, 2.45) is 5.73 Å². The summed E-state index contributed by atoms with van der Waals surface area (Å²) in [7, 11) is 0. The lowest BCUT2D eigenvalue weighted by Crippen LogP contribution is -2.35. The fraction of sp³-hybridized carbons (Fsp3) is 0.200. The molecule has 0 aliphatic carbocycles. The van der Waals surface area contributed by atoms with Gasteiger partial charge in [-0.1, -0.05) is 18.2 Å². The molecule has 4 nitrogen and oxygen atoms in total. The van der Waals surface area contributed by atoms with Crippen molar-refractivity contribution in [2.45, 2.75) is 17.7 Å². The van der Waals surface area contributed by atoms with E-state index in [-0.39, 0.29) is 5.91 Å². The van der Waals surface area contributed by atoms with Gasteiger partial charge in [-0.15, -0.1) is 11.8 Å². The van der Waals surface area contributed by atoms with Crippen LogP contribution >= 0.6 is 11.8 Å². The number of amides is 2. The molecule has 1 aliphatic rings. The van der Waals surface area contributed by atoms with Gasteiger partial charge < -0.3 is 10.6 Å². The van der Waals surface area contributed by atoms with Gasteiger partial charge >= 0.3 is 0 Å². The third kappa shape index (κ3) is 3.77. The summed E-state index contributed by atoms with van der Waals surface area (Å²) >= 11 is 1.68. The Kier molecular flexibility index (Phi) is 5.24. The number of nitrogens with zero attached hydrogens (tertiary/aromatic N) is 1. The van der Waals surface area contributed by atoms with E-state index >= 15 is 0 Å². The molecular formula is C20H20N2O2S. The maximum absolute atomic E-state index is 12.7. The van der Waals surface area contributed by atoms with Crippen LogP contribution in [0.1, 0.15) is 27.9 Å². The number of anilines is 1. The van der Waals surface area contributed by atoms with E-state index in [1.54, 1.807) is 34.9 Å². The van der Waals surface area contributed by atoms with Gasteiger partial charge in [0.15, 0.2) is 0 Å². The van der Waals surface area contributed by atoms with E-state index in [1.165, 1.54) is 4.90 Å². The number of hydrogen-bond acceptors (Lipinski definition) is 3. The minimum Gasteiger partial charge on any atom is -0.366 e. The lowest BCUT2D eigenvalue weighted by molar-refractivity contribution is -0.114. The first-order chi connectivity index (χ1) is 12.1. The second kappa shape index (κ2) is 7.57. The summed E-state index contributed by atoms with van der Waals surface area (Å²) in [6, 6.07) is 13.4. The van der Waals surface area contributed by atoms with Crippen molar-refractivity contribution < 1.29 is 9.59 Å². The molecular weight excluding hydrogens is 332 g/mol. The van der Waals surface area contributed by atoms with Crippen LogP contribution in [0.4, 0.5) is 5.69 Å². The second-order valence-electron chi connectivity index (χ2n) is 5.87. The topological polar surface area (TPSA) is 63.4 Å². The number of thioether (sulfide) groups is 1. The average molecular weight is 352 g/mol. The first kappa shape index (κ1) is 17.3. The van der Waals surface area contributed by atoms with Crippen molar-refractivity contribution in [3.8, 4) is 0 Å².